The molecular formula is C11H9F3O2. The van der Waals surface area contributed by atoms with Gasteiger partial charge in [0.2, 0.25) is 6.10 Å². The van der Waals surface area contributed by atoms with E-state index < -0.39 is 18.0 Å². The number of aryl methyl sites for hydroxylation is 1. The van der Waals surface area contributed by atoms with Crippen molar-refractivity contribution in [3.8, 4) is 0 Å². The zero-order valence-electron chi connectivity index (χ0n) is 8.38. The SMILES string of the molecule is Cc1c([C@H](O)C(F)(F)F)oc2ccccc12. The van der Waals surface area contributed by atoms with Gasteiger partial charge in [-0.15, -0.1) is 0 Å². The van der Waals surface area contributed by atoms with E-state index in [1.54, 1.807) is 24.3 Å². The first-order valence-corrected chi connectivity index (χ1v) is 4.64. The fourth-order valence-electron chi connectivity index (χ4n) is 1.60. The first kappa shape index (κ1) is 11.0. The first-order valence-electron chi connectivity index (χ1n) is 4.64. The van der Waals surface area contributed by atoms with Crippen LogP contribution in [0.5, 0.6) is 0 Å². The van der Waals surface area contributed by atoms with E-state index in [1.165, 1.54) is 6.92 Å². The molecule has 1 atom stereocenters. The molecule has 0 amide bonds. The highest BCUT2D eigenvalue weighted by Crippen LogP contribution is 2.37. The standard InChI is InChI=1S/C11H9F3O2/c1-6-7-4-2-3-5-8(7)16-9(6)10(15)11(12,13)14/h2-5,10,15H,1H3/t10-/m0/s1. The summed E-state index contributed by atoms with van der Waals surface area (Å²) in [7, 11) is 0. The summed E-state index contributed by atoms with van der Waals surface area (Å²) in [5.41, 5.74) is 0.665. The van der Waals surface area contributed by atoms with Gasteiger partial charge in [0.1, 0.15) is 11.3 Å². The van der Waals surface area contributed by atoms with E-state index in [1.807, 2.05) is 0 Å². The minimum absolute atomic E-state index is 0.320. The van der Waals surface area contributed by atoms with E-state index in [0.29, 0.717) is 16.5 Å². The van der Waals surface area contributed by atoms with Crippen LogP contribution in [0.25, 0.3) is 11.0 Å². The number of rotatable bonds is 1. The molecule has 0 aliphatic heterocycles. The maximum absolute atomic E-state index is 12.3. The molecule has 1 aromatic carbocycles. The van der Waals surface area contributed by atoms with Crippen molar-refractivity contribution in [2.75, 3.05) is 0 Å². The van der Waals surface area contributed by atoms with Gasteiger partial charge in [-0.1, -0.05) is 18.2 Å². The van der Waals surface area contributed by atoms with Gasteiger partial charge < -0.3 is 9.52 Å². The Balaban J connectivity index is 2.58. The summed E-state index contributed by atoms with van der Waals surface area (Å²) < 4.78 is 42.0. The van der Waals surface area contributed by atoms with Gasteiger partial charge in [-0.25, -0.2) is 0 Å². The molecule has 0 aliphatic rings. The predicted molar refractivity (Wildman–Crippen MR) is 52.0 cm³/mol. The zero-order chi connectivity index (χ0) is 11.9. The number of aliphatic hydroxyl groups excluding tert-OH is 1. The van der Waals surface area contributed by atoms with Crippen molar-refractivity contribution >= 4 is 11.0 Å². The molecule has 0 unspecified atom stereocenters. The third-order valence-corrected chi connectivity index (χ3v) is 2.44. The topological polar surface area (TPSA) is 33.4 Å². The second-order valence-corrected chi connectivity index (χ2v) is 3.53. The first-order chi connectivity index (χ1) is 7.41. The number of aliphatic hydroxyl groups is 1. The fraction of sp³-hybridized carbons (Fsp3) is 0.273. The van der Waals surface area contributed by atoms with Gasteiger partial charge >= 0.3 is 6.18 Å². The minimum Gasteiger partial charge on any atom is -0.458 e. The highest BCUT2D eigenvalue weighted by molar-refractivity contribution is 5.82. The number of para-hydroxylation sites is 1. The molecule has 0 radical (unpaired) electrons. The van der Waals surface area contributed by atoms with Crippen molar-refractivity contribution in [2.24, 2.45) is 0 Å². The van der Waals surface area contributed by atoms with E-state index >= 15 is 0 Å². The number of alkyl halides is 3. The van der Waals surface area contributed by atoms with Crippen molar-refractivity contribution in [1.82, 2.24) is 0 Å². The van der Waals surface area contributed by atoms with Gasteiger partial charge in [0.15, 0.2) is 0 Å². The van der Waals surface area contributed by atoms with E-state index in [4.69, 9.17) is 9.52 Å². The van der Waals surface area contributed by atoms with Gasteiger partial charge in [-0.3, -0.25) is 0 Å². The van der Waals surface area contributed by atoms with Crippen LogP contribution in [-0.2, 0) is 0 Å². The summed E-state index contributed by atoms with van der Waals surface area (Å²) in [6.45, 7) is 1.50. The number of hydrogen-bond acceptors (Lipinski definition) is 2. The Bertz CT molecular complexity index is 513. The van der Waals surface area contributed by atoms with E-state index in [2.05, 4.69) is 0 Å². The highest BCUT2D eigenvalue weighted by Gasteiger charge is 2.42. The number of benzene rings is 1. The minimum atomic E-state index is -4.71. The molecule has 86 valence electrons. The summed E-state index contributed by atoms with van der Waals surface area (Å²) in [6.07, 6.45) is -7.28. The van der Waals surface area contributed by atoms with Gasteiger partial charge in [0.25, 0.3) is 0 Å². The van der Waals surface area contributed by atoms with Crippen LogP contribution in [0, 0.1) is 6.92 Å². The number of halogens is 3. The normalized spacial score (nSPS) is 14.3. The molecule has 0 saturated carbocycles. The maximum Gasteiger partial charge on any atom is 0.421 e. The molecular weight excluding hydrogens is 221 g/mol. The van der Waals surface area contributed by atoms with Crippen LogP contribution >= 0.6 is 0 Å². The molecule has 0 fully saturated rings. The Morgan fingerprint density at radius 1 is 1.25 bits per heavy atom. The Morgan fingerprint density at radius 3 is 2.44 bits per heavy atom. The van der Waals surface area contributed by atoms with Gasteiger partial charge in [0, 0.05) is 10.9 Å². The third kappa shape index (κ3) is 1.67. The van der Waals surface area contributed by atoms with Crippen LogP contribution in [0.3, 0.4) is 0 Å². The van der Waals surface area contributed by atoms with Crippen molar-refractivity contribution in [1.29, 1.82) is 0 Å². The molecule has 1 aromatic heterocycles. The monoisotopic (exact) mass is 230 g/mol. The summed E-state index contributed by atoms with van der Waals surface area (Å²) in [5.74, 6) is -0.436. The molecule has 2 aromatic rings. The van der Waals surface area contributed by atoms with E-state index in [9.17, 15) is 13.2 Å². The Hall–Kier alpha value is -1.49. The smallest absolute Gasteiger partial charge is 0.421 e. The van der Waals surface area contributed by atoms with E-state index in [0.717, 1.165) is 0 Å². The lowest BCUT2D eigenvalue weighted by Crippen LogP contribution is -2.20. The Morgan fingerprint density at radius 2 is 1.88 bits per heavy atom. The average Bonchev–Trinajstić information content (AvgIpc) is 2.54. The Labute approximate surface area is 89.3 Å². The molecule has 16 heavy (non-hydrogen) atoms. The van der Waals surface area contributed by atoms with Crippen molar-refractivity contribution < 1.29 is 22.7 Å². The molecule has 1 N–H and O–H groups in total. The summed E-state index contributed by atoms with van der Waals surface area (Å²) >= 11 is 0. The molecule has 1 heterocycles. The maximum atomic E-state index is 12.3. The molecule has 0 bridgehead atoms. The molecule has 5 heteroatoms. The van der Waals surface area contributed by atoms with Gasteiger partial charge in [-0.05, 0) is 13.0 Å². The van der Waals surface area contributed by atoms with Crippen molar-refractivity contribution in [3.63, 3.8) is 0 Å². The van der Waals surface area contributed by atoms with Crippen LogP contribution < -0.4 is 0 Å². The van der Waals surface area contributed by atoms with Crippen molar-refractivity contribution in [3.05, 3.63) is 35.6 Å². The lowest BCUT2D eigenvalue weighted by molar-refractivity contribution is -0.211. The predicted octanol–water partition coefficient (Wildman–Crippen LogP) is 3.34. The molecule has 0 spiro atoms. The van der Waals surface area contributed by atoms with Crippen LogP contribution in [0.4, 0.5) is 13.2 Å². The molecule has 2 nitrogen and oxygen atoms in total. The number of hydrogen-bond donors (Lipinski definition) is 1. The third-order valence-electron chi connectivity index (χ3n) is 2.44. The van der Waals surface area contributed by atoms with E-state index in [-0.39, 0.29) is 0 Å². The van der Waals surface area contributed by atoms with Gasteiger partial charge in [-0.2, -0.15) is 13.2 Å². The van der Waals surface area contributed by atoms with Crippen molar-refractivity contribution in [2.45, 2.75) is 19.2 Å². The average molecular weight is 230 g/mol. The Kier molecular flexibility index (Phi) is 2.42. The van der Waals surface area contributed by atoms with Crippen LogP contribution in [0.15, 0.2) is 28.7 Å². The lowest BCUT2D eigenvalue weighted by atomic mass is 10.1. The van der Waals surface area contributed by atoms with Gasteiger partial charge in [0.05, 0.1) is 0 Å². The summed E-state index contributed by atoms with van der Waals surface area (Å²) in [4.78, 5) is 0. The molecule has 0 saturated heterocycles. The number of furan rings is 1. The highest BCUT2D eigenvalue weighted by atomic mass is 19.4. The molecule has 2 rings (SSSR count). The zero-order valence-corrected chi connectivity index (χ0v) is 8.38. The fourth-order valence-corrected chi connectivity index (χ4v) is 1.60. The quantitative estimate of drug-likeness (QED) is 0.815. The van der Waals surface area contributed by atoms with Crippen LogP contribution in [0.1, 0.15) is 17.4 Å². The number of fused-ring (bicyclic) bond motifs is 1. The van der Waals surface area contributed by atoms with Crippen LogP contribution in [-0.4, -0.2) is 11.3 Å². The lowest BCUT2D eigenvalue weighted by Gasteiger charge is -2.12. The largest absolute Gasteiger partial charge is 0.458 e. The summed E-state index contributed by atoms with van der Waals surface area (Å²) in [5, 5.41) is 9.70. The molecule has 0 aliphatic carbocycles. The summed E-state index contributed by atoms with van der Waals surface area (Å²) in [6, 6.07) is 6.58. The second kappa shape index (κ2) is 3.52. The van der Waals surface area contributed by atoms with Crippen LogP contribution in [0.2, 0.25) is 0 Å². The second-order valence-electron chi connectivity index (χ2n) is 3.53.